The molecule has 0 radical (unpaired) electrons. The van der Waals surface area contributed by atoms with Crippen molar-refractivity contribution in [1.29, 1.82) is 0 Å². The fraction of sp³-hybridized carbons (Fsp3) is 0.786. The van der Waals surface area contributed by atoms with Crippen LogP contribution in [0.4, 0.5) is 0 Å². The lowest BCUT2D eigenvalue weighted by atomic mass is 9.95. The monoisotopic (exact) mass is 309 g/mol. The van der Waals surface area contributed by atoms with E-state index in [1.165, 1.54) is 0 Å². The Labute approximate surface area is 128 Å². The van der Waals surface area contributed by atoms with Gasteiger partial charge >= 0.3 is 0 Å². The van der Waals surface area contributed by atoms with Crippen molar-refractivity contribution in [3.63, 3.8) is 0 Å². The first-order valence-electron chi connectivity index (χ1n) is 7.66. The molecule has 6 nitrogen and oxygen atoms in total. The van der Waals surface area contributed by atoms with Crippen molar-refractivity contribution in [2.45, 2.75) is 39.0 Å². The molecule has 1 saturated heterocycles. The van der Waals surface area contributed by atoms with Gasteiger partial charge in [0.05, 0.1) is 6.61 Å². The van der Waals surface area contributed by atoms with Crippen molar-refractivity contribution < 1.29 is 4.74 Å². The predicted octanol–water partition coefficient (Wildman–Crippen LogP) is 1.85. The summed E-state index contributed by atoms with van der Waals surface area (Å²) in [6.07, 6.45) is 3.08. The lowest BCUT2D eigenvalue weighted by molar-refractivity contribution is 0.193. The molecule has 0 aliphatic carbocycles. The number of hydrogen-bond donors (Lipinski definition) is 1. The van der Waals surface area contributed by atoms with Crippen LogP contribution in [-0.4, -0.2) is 39.6 Å². The van der Waals surface area contributed by atoms with Crippen LogP contribution in [0.5, 0.6) is 0 Å². The summed E-state index contributed by atoms with van der Waals surface area (Å²) in [6, 6.07) is 0. The van der Waals surface area contributed by atoms with E-state index in [0.29, 0.717) is 24.3 Å². The molecule has 3 heterocycles. The Balaban J connectivity index is 1.77. The molecule has 2 aromatic heterocycles. The van der Waals surface area contributed by atoms with Crippen LogP contribution in [0.1, 0.15) is 43.4 Å². The SMILES string of the molecule is CC(C)CC(CN)Cc1nn2c(C3CCOC3)nnc2s1. The molecule has 21 heavy (non-hydrogen) atoms. The zero-order valence-corrected chi connectivity index (χ0v) is 13.5. The third kappa shape index (κ3) is 3.25. The number of fused-ring (bicyclic) bond motifs is 1. The second kappa shape index (κ2) is 6.37. The molecule has 0 aromatic carbocycles. The molecule has 2 atom stereocenters. The van der Waals surface area contributed by atoms with E-state index in [1.807, 2.05) is 4.52 Å². The number of ether oxygens (including phenoxy) is 1. The zero-order chi connectivity index (χ0) is 14.8. The Morgan fingerprint density at radius 1 is 1.43 bits per heavy atom. The summed E-state index contributed by atoms with van der Waals surface area (Å²) < 4.78 is 7.35. The zero-order valence-electron chi connectivity index (χ0n) is 12.7. The molecule has 2 unspecified atom stereocenters. The van der Waals surface area contributed by atoms with E-state index in [4.69, 9.17) is 15.6 Å². The maximum Gasteiger partial charge on any atom is 0.234 e. The van der Waals surface area contributed by atoms with Gasteiger partial charge in [0, 0.05) is 18.9 Å². The van der Waals surface area contributed by atoms with E-state index >= 15 is 0 Å². The third-order valence-electron chi connectivity index (χ3n) is 3.95. The number of nitrogens with two attached hydrogens (primary N) is 1. The van der Waals surface area contributed by atoms with Crippen molar-refractivity contribution in [1.82, 2.24) is 19.8 Å². The summed E-state index contributed by atoms with van der Waals surface area (Å²) in [5, 5.41) is 14.4. The van der Waals surface area contributed by atoms with Gasteiger partial charge in [0.25, 0.3) is 0 Å². The number of rotatable bonds is 6. The van der Waals surface area contributed by atoms with Crippen LogP contribution in [0.15, 0.2) is 0 Å². The highest BCUT2D eigenvalue weighted by molar-refractivity contribution is 7.16. The van der Waals surface area contributed by atoms with Crippen LogP contribution in [0.3, 0.4) is 0 Å². The first kappa shape index (κ1) is 14.9. The molecular formula is C14H23N5OS. The molecule has 2 aromatic rings. The topological polar surface area (TPSA) is 78.3 Å². The first-order valence-corrected chi connectivity index (χ1v) is 8.47. The second-order valence-electron chi connectivity index (χ2n) is 6.24. The van der Waals surface area contributed by atoms with Crippen molar-refractivity contribution >= 4 is 16.3 Å². The quantitative estimate of drug-likeness (QED) is 0.881. The fourth-order valence-electron chi connectivity index (χ4n) is 2.92. The van der Waals surface area contributed by atoms with Gasteiger partial charge in [-0.3, -0.25) is 0 Å². The molecular weight excluding hydrogens is 286 g/mol. The van der Waals surface area contributed by atoms with Crippen molar-refractivity contribution in [2.24, 2.45) is 17.6 Å². The molecule has 0 amide bonds. The lowest BCUT2D eigenvalue weighted by Gasteiger charge is -2.14. The van der Waals surface area contributed by atoms with Crippen LogP contribution >= 0.6 is 11.3 Å². The normalized spacial score (nSPS) is 20.7. The van der Waals surface area contributed by atoms with Crippen LogP contribution in [-0.2, 0) is 11.2 Å². The maximum absolute atomic E-state index is 5.89. The van der Waals surface area contributed by atoms with Gasteiger partial charge in [0.2, 0.25) is 4.96 Å². The van der Waals surface area contributed by atoms with Crippen LogP contribution in [0, 0.1) is 11.8 Å². The summed E-state index contributed by atoms with van der Waals surface area (Å²) in [5.74, 6) is 2.43. The summed E-state index contributed by atoms with van der Waals surface area (Å²) in [7, 11) is 0. The van der Waals surface area contributed by atoms with Gasteiger partial charge in [-0.05, 0) is 31.2 Å². The Hall–Kier alpha value is -1.05. The van der Waals surface area contributed by atoms with Gasteiger partial charge in [-0.25, -0.2) is 0 Å². The minimum Gasteiger partial charge on any atom is -0.381 e. The molecule has 7 heteroatoms. The fourth-order valence-corrected chi connectivity index (χ4v) is 3.88. The summed E-state index contributed by atoms with van der Waals surface area (Å²) in [4.78, 5) is 0.882. The third-order valence-corrected chi connectivity index (χ3v) is 4.87. The van der Waals surface area contributed by atoms with Crippen LogP contribution in [0.25, 0.3) is 4.96 Å². The van der Waals surface area contributed by atoms with E-state index in [2.05, 4.69) is 24.0 Å². The van der Waals surface area contributed by atoms with Gasteiger partial charge in [-0.1, -0.05) is 25.2 Å². The molecule has 1 aliphatic heterocycles. The highest BCUT2D eigenvalue weighted by Crippen LogP contribution is 2.26. The summed E-state index contributed by atoms with van der Waals surface area (Å²) >= 11 is 1.63. The van der Waals surface area contributed by atoms with E-state index in [0.717, 1.165) is 48.3 Å². The molecule has 2 N–H and O–H groups in total. The standard InChI is InChI=1S/C14H23N5OS/c1-9(2)5-10(7-15)6-12-18-19-13(11-3-4-20-8-11)16-17-14(19)21-12/h9-11H,3-8,15H2,1-2H3. The largest absolute Gasteiger partial charge is 0.381 e. The summed E-state index contributed by atoms with van der Waals surface area (Å²) in [5.41, 5.74) is 5.89. The number of nitrogens with zero attached hydrogens (tertiary/aromatic N) is 4. The van der Waals surface area contributed by atoms with Crippen molar-refractivity contribution in [2.75, 3.05) is 19.8 Å². The highest BCUT2D eigenvalue weighted by Gasteiger charge is 2.25. The van der Waals surface area contributed by atoms with Gasteiger partial charge in [-0.15, -0.1) is 10.2 Å². The first-order chi connectivity index (χ1) is 10.2. The average molecular weight is 309 g/mol. The van der Waals surface area contributed by atoms with Gasteiger partial charge in [0.1, 0.15) is 5.01 Å². The predicted molar refractivity (Wildman–Crippen MR) is 82.5 cm³/mol. The molecule has 1 aliphatic rings. The minimum atomic E-state index is 0.330. The van der Waals surface area contributed by atoms with E-state index in [1.54, 1.807) is 11.3 Å². The van der Waals surface area contributed by atoms with Gasteiger partial charge < -0.3 is 10.5 Å². The number of hydrogen-bond acceptors (Lipinski definition) is 6. The molecule has 3 rings (SSSR count). The van der Waals surface area contributed by atoms with E-state index in [-0.39, 0.29) is 0 Å². The highest BCUT2D eigenvalue weighted by atomic mass is 32.1. The maximum atomic E-state index is 5.89. The van der Waals surface area contributed by atoms with Crippen molar-refractivity contribution in [3.8, 4) is 0 Å². The average Bonchev–Trinajstić information content (AvgIpc) is 3.12. The molecule has 0 bridgehead atoms. The molecule has 116 valence electrons. The molecule has 0 spiro atoms. The number of aromatic nitrogens is 4. The van der Waals surface area contributed by atoms with Gasteiger partial charge in [-0.2, -0.15) is 9.61 Å². The van der Waals surface area contributed by atoms with E-state index < -0.39 is 0 Å². The molecule has 0 saturated carbocycles. The Morgan fingerprint density at radius 2 is 2.29 bits per heavy atom. The van der Waals surface area contributed by atoms with Crippen LogP contribution < -0.4 is 5.73 Å². The van der Waals surface area contributed by atoms with Crippen LogP contribution in [0.2, 0.25) is 0 Å². The van der Waals surface area contributed by atoms with E-state index in [9.17, 15) is 0 Å². The Bertz CT molecular complexity index is 587. The summed E-state index contributed by atoms with van der Waals surface area (Å²) in [6.45, 7) is 6.72. The smallest absolute Gasteiger partial charge is 0.234 e. The molecule has 1 fully saturated rings. The second-order valence-corrected chi connectivity index (χ2v) is 7.28. The Kier molecular flexibility index (Phi) is 4.51. The Morgan fingerprint density at radius 3 is 2.95 bits per heavy atom. The minimum absolute atomic E-state index is 0.330. The lowest BCUT2D eigenvalue weighted by Crippen LogP contribution is -2.19. The van der Waals surface area contributed by atoms with Gasteiger partial charge in [0.15, 0.2) is 5.82 Å². The van der Waals surface area contributed by atoms with Crippen molar-refractivity contribution in [3.05, 3.63) is 10.8 Å².